The van der Waals surface area contributed by atoms with Gasteiger partial charge in [-0.05, 0) is 61.4 Å². The molecular weight excluding hydrogens is 474 g/mol. The Morgan fingerprint density at radius 1 is 0.919 bits per heavy atom. The van der Waals surface area contributed by atoms with Crippen molar-refractivity contribution in [2.24, 2.45) is 4.99 Å². The van der Waals surface area contributed by atoms with Crippen LogP contribution in [0.25, 0.3) is 17.0 Å². The van der Waals surface area contributed by atoms with Gasteiger partial charge >= 0.3 is 0 Å². The summed E-state index contributed by atoms with van der Waals surface area (Å²) in [5.74, 6) is 0.0858. The van der Waals surface area contributed by atoms with Crippen molar-refractivity contribution in [1.82, 2.24) is 9.47 Å². The topological polar surface area (TPSA) is 37.6 Å². The quantitative estimate of drug-likeness (QED) is 0.258. The van der Waals surface area contributed by atoms with Crippen LogP contribution in [0.2, 0.25) is 0 Å². The van der Waals surface area contributed by atoms with Crippen LogP contribution in [0.5, 0.6) is 0 Å². The molecule has 0 bridgehead atoms. The van der Waals surface area contributed by atoms with Gasteiger partial charge in [-0.2, -0.15) is 0 Å². The van der Waals surface area contributed by atoms with Crippen LogP contribution < -0.4 is 0 Å². The number of hydrogen-bond donors (Lipinski definition) is 0. The highest BCUT2D eigenvalue weighted by Gasteiger charge is 2.38. The molecule has 4 nitrogen and oxygen atoms in total. The van der Waals surface area contributed by atoms with Gasteiger partial charge in [0.25, 0.3) is 5.91 Å². The molecule has 1 aliphatic carbocycles. The monoisotopic (exact) mass is 505 g/mol. The summed E-state index contributed by atoms with van der Waals surface area (Å²) in [5, 5.41) is 1.97. The summed E-state index contributed by atoms with van der Waals surface area (Å²) in [4.78, 5) is 21.5. The SMILES string of the molecule is Cc1ccc(N=C2S/C(=C/c3cn(Cc4ccccc4)c4ccccc34)C(=O)N2C2CCCCC2)cc1. The second kappa shape index (κ2) is 10.4. The van der Waals surface area contributed by atoms with Gasteiger partial charge < -0.3 is 4.57 Å². The van der Waals surface area contributed by atoms with Crippen LogP contribution in [-0.2, 0) is 11.3 Å². The minimum Gasteiger partial charge on any atom is -0.342 e. The van der Waals surface area contributed by atoms with E-state index in [2.05, 4.69) is 84.4 Å². The number of para-hydroxylation sites is 1. The Morgan fingerprint density at radius 2 is 1.65 bits per heavy atom. The van der Waals surface area contributed by atoms with Crippen LogP contribution in [0.3, 0.4) is 0 Å². The number of aliphatic imine (C=N–C) groups is 1. The van der Waals surface area contributed by atoms with Crippen molar-refractivity contribution in [3.05, 3.63) is 107 Å². The Bertz CT molecular complexity index is 1480. The molecule has 4 aromatic rings. The average Bonchev–Trinajstić information content (AvgIpc) is 3.43. The first kappa shape index (κ1) is 23.8. The number of carbonyl (C=O) groups is 1. The van der Waals surface area contributed by atoms with E-state index in [-0.39, 0.29) is 11.9 Å². The first-order valence-corrected chi connectivity index (χ1v) is 14.0. The Balaban J connectivity index is 1.38. The zero-order valence-corrected chi connectivity index (χ0v) is 22.0. The van der Waals surface area contributed by atoms with Crippen molar-refractivity contribution in [3.8, 4) is 0 Å². The average molecular weight is 506 g/mol. The normalized spacial score (nSPS) is 18.9. The number of nitrogens with zero attached hydrogens (tertiary/aromatic N) is 3. The zero-order chi connectivity index (χ0) is 25.2. The van der Waals surface area contributed by atoms with Crippen molar-refractivity contribution < 1.29 is 4.79 Å². The van der Waals surface area contributed by atoms with Gasteiger partial charge in [-0.1, -0.05) is 85.5 Å². The molecule has 1 aromatic heterocycles. The number of rotatable bonds is 5. The van der Waals surface area contributed by atoms with Crippen molar-refractivity contribution in [2.45, 2.75) is 51.6 Å². The Labute approximate surface area is 222 Å². The smallest absolute Gasteiger partial charge is 0.267 e. The highest BCUT2D eigenvalue weighted by molar-refractivity contribution is 8.18. The van der Waals surface area contributed by atoms with Crippen LogP contribution >= 0.6 is 11.8 Å². The molecule has 6 rings (SSSR count). The summed E-state index contributed by atoms with van der Waals surface area (Å²) in [7, 11) is 0. The van der Waals surface area contributed by atoms with Gasteiger partial charge in [0, 0.05) is 35.2 Å². The van der Waals surface area contributed by atoms with Gasteiger partial charge in [-0.25, -0.2) is 4.99 Å². The lowest BCUT2D eigenvalue weighted by atomic mass is 9.94. The molecule has 0 unspecified atom stereocenters. The molecule has 1 saturated heterocycles. The van der Waals surface area contributed by atoms with Crippen LogP contribution in [0.15, 0.2) is 95.0 Å². The standard InChI is InChI=1S/C32H31N3OS/c1-23-16-18-26(19-17-23)33-32-35(27-12-6-3-7-13-27)31(36)30(37-32)20-25-22-34(21-24-10-4-2-5-11-24)29-15-9-8-14-28(25)29/h2,4-5,8-11,14-20,22,27H,3,6-7,12-13,21H2,1H3/b30-20+,33-32?. The van der Waals surface area contributed by atoms with Crippen LogP contribution in [0, 0.1) is 6.92 Å². The fourth-order valence-corrected chi connectivity index (χ4v) is 6.45. The minimum absolute atomic E-state index is 0.0858. The van der Waals surface area contributed by atoms with E-state index in [4.69, 9.17) is 4.99 Å². The third-order valence-electron chi connectivity index (χ3n) is 7.34. The molecule has 186 valence electrons. The zero-order valence-electron chi connectivity index (χ0n) is 21.1. The number of amides is 1. The molecular formula is C32H31N3OS. The van der Waals surface area contributed by atoms with Gasteiger partial charge in [-0.15, -0.1) is 0 Å². The molecule has 3 aromatic carbocycles. The number of carbonyl (C=O) groups excluding carboxylic acids is 1. The maximum Gasteiger partial charge on any atom is 0.267 e. The lowest BCUT2D eigenvalue weighted by molar-refractivity contribution is -0.124. The van der Waals surface area contributed by atoms with E-state index >= 15 is 0 Å². The van der Waals surface area contributed by atoms with Crippen molar-refractivity contribution >= 4 is 45.5 Å². The summed E-state index contributed by atoms with van der Waals surface area (Å²) in [6.45, 7) is 2.87. The molecule has 5 heteroatoms. The van der Waals surface area contributed by atoms with Crippen LogP contribution in [0.1, 0.15) is 48.8 Å². The summed E-state index contributed by atoms with van der Waals surface area (Å²) in [6.07, 6.45) is 9.93. The van der Waals surface area contributed by atoms with Gasteiger partial charge in [0.1, 0.15) is 0 Å². The first-order valence-electron chi connectivity index (χ1n) is 13.2. The number of fused-ring (bicyclic) bond motifs is 1. The van der Waals surface area contributed by atoms with Crippen molar-refractivity contribution in [2.75, 3.05) is 0 Å². The summed E-state index contributed by atoms with van der Waals surface area (Å²) in [5.41, 5.74) is 5.59. The maximum absolute atomic E-state index is 13.8. The summed E-state index contributed by atoms with van der Waals surface area (Å²) < 4.78 is 2.28. The molecule has 1 aliphatic heterocycles. The predicted molar refractivity (Wildman–Crippen MR) is 155 cm³/mol. The number of amidine groups is 1. The number of benzene rings is 3. The van der Waals surface area contributed by atoms with E-state index < -0.39 is 0 Å². The van der Waals surface area contributed by atoms with Crippen molar-refractivity contribution in [1.29, 1.82) is 0 Å². The molecule has 37 heavy (non-hydrogen) atoms. The molecule has 1 amide bonds. The number of thioether (sulfide) groups is 1. The second-order valence-corrected chi connectivity index (χ2v) is 11.0. The number of aromatic nitrogens is 1. The Hall–Kier alpha value is -3.57. The van der Waals surface area contributed by atoms with Crippen LogP contribution in [-0.4, -0.2) is 26.6 Å². The molecule has 1 saturated carbocycles. The highest BCUT2D eigenvalue weighted by Crippen LogP contribution is 2.39. The van der Waals surface area contributed by atoms with E-state index in [9.17, 15) is 4.79 Å². The maximum atomic E-state index is 13.8. The van der Waals surface area contributed by atoms with Crippen molar-refractivity contribution in [3.63, 3.8) is 0 Å². The molecule has 2 aliphatic rings. The summed E-state index contributed by atoms with van der Waals surface area (Å²) >= 11 is 1.51. The molecule has 2 heterocycles. The molecule has 0 N–H and O–H groups in total. The Morgan fingerprint density at radius 3 is 2.43 bits per heavy atom. The van der Waals surface area contributed by atoms with Crippen LogP contribution in [0.4, 0.5) is 5.69 Å². The fourth-order valence-electron chi connectivity index (χ4n) is 5.40. The Kier molecular flexibility index (Phi) is 6.71. The third-order valence-corrected chi connectivity index (χ3v) is 8.32. The molecule has 0 atom stereocenters. The molecule has 0 spiro atoms. The van der Waals surface area contributed by atoms with E-state index in [1.54, 1.807) is 0 Å². The second-order valence-electron chi connectivity index (χ2n) is 10.0. The predicted octanol–water partition coefficient (Wildman–Crippen LogP) is 7.93. The van der Waals surface area contributed by atoms with Gasteiger partial charge in [0.05, 0.1) is 10.6 Å². The van der Waals surface area contributed by atoms with E-state index in [0.717, 1.165) is 46.1 Å². The minimum atomic E-state index is 0.0858. The third kappa shape index (κ3) is 5.01. The van der Waals surface area contributed by atoms with E-state index in [1.165, 1.54) is 47.7 Å². The first-order chi connectivity index (χ1) is 18.2. The number of hydrogen-bond acceptors (Lipinski definition) is 3. The van der Waals surface area contributed by atoms with E-state index in [0.29, 0.717) is 0 Å². The number of aryl methyl sites for hydroxylation is 1. The lowest BCUT2D eigenvalue weighted by Gasteiger charge is -2.30. The molecule has 0 radical (unpaired) electrons. The molecule has 2 fully saturated rings. The fraction of sp³-hybridized carbons (Fsp3) is 0.250. The van der Waals surface area contributed by atoms with Gasteiger partial charge in [0.15, 0.2) is 5.17 Å². The largest absolute Gasteiger partial charge is 0.342 e. The van der Waals surface area contributed by atoms with E-state index in [1.807, 2.05) is 23.1 Å². The van der Waals surface area contributed by atoms with Gasteiger partial charge in [-0.3, -0.25) is 9.69 Å². The van der Waals surface area contributed by atoms with Gasteiger partial charge in [0.2, 0.25) is 0 Å². The lowest BCUT2D eigenvalue weighted by Crippen LogP contribution is -2.40. The summed E-state index contributed by atoms with van der Waals surface area (Å²) in [6, 6.07) is 27.4. The highest BCUT2D eigenvalue weighted by atomic mass is 32.2.